The van der Waals surface area contributed by atoms with Crippen LogP contribution in [0.5, 0.6) is 5.75 Å². The van der Waals surface area contributed by atoms with Crippen LogP contribution in [0.2, 0.25) is 0 Å². The van der Waals surface area contributed by atoms with E-state index in [1.165, 1.54) is 19.1 Å². The van der Waals surface area contributed by atoms with Crippen LogP contribution in [0, 0.1) is 11.8 Å². The number of aromatic hydroxyl groups is 1. The van der Waals surface area contributed by atoms with E-state index >= 15 is 0 Å². The Morgan fingerprint density at radius 3 is 2.96 bits per heavy atom. The van der Waals surface area contributed by atoms with Crippen LogP contribution >= 0.6 is 0 Å². The summed E-state index contributed by atoms with van der Waals surface area (Å²) in [5.41, 5.74) is 2.83. The number of benzene rings is 1. The Hall–Kier alpha value is -2.01. The van der Waals surface area contributed by atoms with Gasteiger partial charge in [0, 0.05) is 42.8 Å². The van der Waals surface area contributed by atoms with Crippen molar-refractivity contribution in [2.45, 2.75) is 44.1 Å². The summed E-state index contributed by atoms with van der Waals surface area (Å²) < 4.78 is 7.68. The first-order valence-corrected chi connectivity index (χ1v) is 10.1. The monoisotopic (exact) mass is 368 g/mol. The molecule has 2 saturated heterocycles. The van der Waals surface area contributed by atoms with Gasteiger partial charge in [0.2, 0.25) is 0 Å². The number of piperidine rings is 2. The largest absolute Gasteiger partial charge is 0.508 e. The number of hydrogen-bond acceptors (Lipinski definition) is 4. The van der Waals surface area contributed by atoms with Crippen LogP contribution < -0.4 is 0 Å². The molecule has 4 bridgehead atoms. The molecule has 6 rings (SSSR count). The zero-order chi connectivity index (χ0) is 18.9. The molecule has 1 aliphatic carbocycles. The Balaban J connectivity index is 1.85. The number of carbonyl (C=O) groups is 1. The molecule has 1 N–H and O–H groups in total. The lowest BCUT2D eigenvalue weighted by atomic mass is 9.56. The SMILES string of the molecule is CCC1CC2CN3CCc4c(n(C)c5ccc(O)cc45)[C@](C(=O)OC)(C2)C13. The molecule has 0 radical (unpaired) electrons. The molecule has 1 aromatic carbocycles. The van der Waals surface area contributed by atoms with Crippen molar-refractivity contribution >= 4 is 16.9 Å². The van der Waals surface area contributed by atoms with Gasteiger partial charge >= 0.3 is 5.97 Å². The average molecular weight is 368 g/mol. The van der Waals surface area contributed by atoms with E-state index in [4.69, 9.17) is 4.74 Å². The number of esters is 1. The summed E-state index contributed by atoms with van der Waals surface area (Å²) in [6.45, 7) is 4.32. The Labute approximate surface area is 159 Å². The van der Waals surface area contributed by atoms with Crippen LogP contribution in [-0.4, -0.2) is 46.8 Å². The number of nitrogens with zero attached hydrogens (tertiary/aromatic N) is 2. The summed E-state index contributed by atoms with van der Waals surface area (Å²) in [6.07, 6.45) is 4.10. The number of methoxy groups -OCH3 is 1. The fourth-order valence-corrected chi connectivity index (χ4v) is 6.74. The summed E-state index contributed by atoms with van der Waals surface area (Å²) in [7, 11) is 3.60. The zero-order valence-electron chi connectivity index (χ0n) is 16.4. The van der Waals surface area contributed by atoms with E-state index in [0.29, 0.717) is 11.8 Å². The minimum atomic E-state index is -0.605. The Bertz CT molecular complexity index is 933. The highest BCUT2D eigenvalue weighted by Gasteiger charge is 2.63. The number of ether oxygens (including phenoxy) is 1. The molecule has 27 heavy (non-hydrogen) atoms. The van der Waals surface area contributed by atoms with E-state index in [9.17, 15) is 9.90 Å². The van der Waals surface area contributed by atoms with Gasteiger partial charge in [0.25, 0.3) is 0 Å². The third kappa shape index (κ3) is 2.06. The molecule has 3 fully saturated rings. The topological polar surface area (TPSA) is 54.7 Å². The van der Waals surface area contributed by atoms with Gasteiger partial charge in [0.15, 0.2) is 0 Å². The van der Waals surface area contributed by atoms with Crippen molar-refractivity contribution in [2.75, 3.05) is 20.2 Å². The van der Waals surface area contributed by atoms with Crippen molar-refractivity contribution in [3.63, 3.8) is 0 Å². The van der Waals surface area contributed by atoms with Gasteiger partial charge in [-0.3, -0.25) is 9.69 Å². The minimum absolute atomic E-state index is 0.0846. The van der Waals surface area contributed by atoms with E-state index < -0.39 is 5.41 Å². The van der Waals surface area contributed by atoms with Crippen LogP contribution in [-0.2, 0) is 28.4 Å². The summed E-state index contributed by atoms with van der Waals surface area (Å²) >= 11 is 0. The highest BCUT2D eigenvalue weighted by atomic mass is 16.5. The number of phenols is 1. The number of carbonyl (C=O) groups excluding carboxylic acids is 1. The van der Waals surface area contributed by atoms with E-state index in [0.717, 1.165) is 48.9 Å². The van der Waals surface area contributed by atoms with E-state index in [2.05, 4.69) is 23.4 Å². The number of hydrogen-bond donors (Lipinski definition) is 1. The normalized spacial score (nSPS) is 34.3. The summed E-state index contributed by atoms with van der Waals surface area (Å²) in [5.74, 6) is 1.26. The summed E-state index contributed by atoms with van der Waals surface area (Å²) in [4.78, 5) is 16.0. The predicted molar refractivity (Wildman–Crippen MR) is 104 cm³/mol. The molecule has 5 nitrogen and oxygen atoms in total. The molecule has 5 heteroatoms. The Morgan fingerprint density at radius 2 is 2.22 bits per heavy atom. The van der Waals surface area contributed by atoms with Gasteiger partial charge in [-0.15, -0.1) is 0 Å². The van der Waals surface area contributed by atoms with Crippen molar-refractivity contribution in [2.24, 2.45) is 18.9 Å². The molecule has 0 amide bonds. The standard InChI is InChI=1S/C22H28N2O3/c1-4-14-9-13-11-22(21(26)27-3)19(14)24(12-13)8-7-16-17-10-15(25)5-6-18(17)23(2)20(16)22/h5-6,10,13-14,19,25H,4,7-9,11-12H2,1-3H3/t13?,14?,19?,22-/m0/s1. The molecule has 144 valence electrons. The van der Waals surface area contributed by atoms with Gasteiger partial charge in [0.1, 0.15) is 11.2 Å². The Morgan fingerprint density at radius 1 is 1.41 bits per heavy atom. The second kappa shape index (κ2) is 5.74. The molecule has 2 aromatic rings. The van der Waals surface area contributed by atoms with Crippen LogP contribution in [0.3, 0.4) is 0 Å². The van der Waals surface area contributed by atoms with Gasteiger partial charge in [-0.25, -0.2) is 0 Å². The van der Waals surface area contributed by atoms with Gasteiger partial charge < -0.3 is 14.4 Å². The molecule has 5 atom stereocenters. The molecule has 0 spiro atoms. The highest BCUT2D eigenvalue weighted by Crippen LogP contribution is 2.56. The second-order valence-corrected chi connectivity index (χ2v) is 8.71. The van der Waals surface area contributed by atoms with Crippen molar-refractivity contribution in [1.82, 2.24) is 9.47 Å². The van der Waals surface area contributed by atoms with Crippen LogP contribution in [0.25, 0.3) is 10.9 Å². The highest BCUT2D eigenvalue weighted by molar-refractivity contribution is 5.93. The van der Waals surface area contributed by atoms with Crippen LogP contribution in [0.15, 0.2) is 18.2 Å². The first-order chi connectivity index (χ1) is 13.0. The predicted octanol–water partition coefficient (Wildman–Crippen LogP) is 2.97. The lowest BCUT2D eigenvalue weighted by molar-refractivity contribution is -0.162. The Kier molecular flexibility index (Phi) is 3.64. The average Bonchev–Trinajstić information content (AvgIpc) is 2.90. The molecule has 3 aliphatic heterocycles. The lowest BCUT2D eigenvalue weighted by Gasteiger charge is -2.58. The maximum Gasteiger partial charge on any atom is 0.319 e. The molecule has 1 saturated carbocycles. The van der Waals surface area contributed by atoms with Gasteiger partial charge in [0.05, 0.1) is 7.11 Å². The fourth-order valence-electron chi connectivity index (χ4n) is 6.74. The summed E-state index contributed by atoms with van der Waals surface area (Å²) in [6, 6.07) is 5.78. The smallest absolute Gasteiger partial charge is 0.319 e. The van der Waals surface area contributed by atoms with Gasteiger partial charge in [-0.05, 0) is 54.9 Å². The minimum Gasteiger partial charge on any atom is -0.508 e. The van der Waals surface area contributed by atoms with Crippen molar-refractivity contribution < 1.29 is 14.6 Å². The van der Waals surface area contributed by atoms with Crippen LogP contribution in [0.1, 0.15) is 37.4 Å². The number of aryl methyl sites for hydroxylation is 1. The fraction of sp³-hybridized carbons (Fsp3) is 0.591. The number of phenolic OH excluding ortho intramolecular Hbond substituents is 1. The third-order valence-corrected chi connectivity index (χ3v) is 7.52. The van der Waals surface area contributed by atoms with E-state index in [-0.39, 0.29) is 17.8 Å². The third-order valence-electron chi connectivity index (χ3n) is 7.52. The quantitative estimate of drug-likeness (QED) is 0.828. The van der Waals surface area contributed by atoms with E-state index in [1.54, 1.807) is 6.07 Å². The second-order valence-electron chi connectivity index (χ2n) is 8.71. The molecule has 4 unspecified atom stereocenters. The first kappa shape index (κ1) is 17.1. The van der Waals surface area contributed by atoms with Crippen LogP contribution in [0.4, 0.5) is 0 Å². The molecular weight excluding hydrogens is 340 g/mol. The lowest BCUT2D eigenvalue weighted by Crippen LogP contribution is -2.67. The summed E-state index contributed by atoms with van der Waals surface area (Å²) in [5, 5.41) is 11.2. The number of aromatic nitrogens is 1. The molecule has 4 heterocycles. The maximum atomic E-state index is 13.5. The maximum absolute atomic E-state index is 13.5. The molecular formula is C22H28N2O3. The van der Waals surface area contributed by atoms with Crippen molar-refractivity contribution in [3.05, 3.63) is 29.5 Å². The number of rotatable bonds is 2. The molecule has 4 aliphatic rings. The molecule has 1 aromatic heterocycles. The van der Waals surface area contributed by atoms with Crippen molar-refractivity contribution in [3.8, 4) is 5.75 Å². The van der Waals surface area contributed by atoms with Gasteiger partial charge in [-0.2, -0.15) is 0 Å². The van der Waals surface area contributed by atoms with E-state index in [1.807, 2.05) is 12.1 Å². The van der Waals surface area contributed by atoms with Gasteiger partial charge in [-0.1, -0.05) is 13.3 Å². The zero-order valence-corrected chi connectivity index (χ0v) is 16.4. The first-order valence-electron chi connectivity index (χ1n) is 10.1. The number of fused-ring (bicyclic) bond motifs is 4. The van der Waals surface area contributed by atoms with Crippen molar-refractivity contribution in [1.29, 1.82) is 0 Å².